The number of hydrogen-bond donors (Lipinski definition) is 1. The molecule has 9 heteroatoms. The number of aromatic nitrogens is 1. The van der Waals surface area contributed by atoms with Gasteiger partial charge in [0.15, 0.2) is 0 Å². The summed E-state index contributed by atoms with van der Waals surface area (Å²) < 4.78 is 4.80. The number of carboxylic acids is 1. The Labute approximate surface area is 125 Å². The molecule has 0 saturated carbocycles. The molecule has 0 aliphatic carbocycles. The lowest BCUT2D eigenvalue weighted by atomic mass is 10.2. The van der Waals surface area contributed by atoms with Crippen molar-refractivity contribution in [3.05, 3.63) is 27.9 Å². The van der Waals surface area contributed by atoms with Gasteiger partial charge in [-0.25, -0.2) is 14.6 Å². The number of nitro groups is 1. The fraction of sp³-hybridized carbons (Fsp3) is 0.462. The smallest absolute Gasteiger partial charge is 0.345 e. The number of carbonyl (C=O) groups excluding carboxylic acids is 1. The zero-order valence-corrected chi connectivity index (χ0v) is 11.9. The lowest BCUT2D eigenvalue weighted by Gasteiger charge is -2.22. The predicted octanol–water partition coefficient (Wildman–Crippen LogP) is 1.22. The molecule has 1 fully saturated rings. The largest absolute Gasteiger partial charge is 0.480 e. The molecule has 22 heavy (non-hydrogen) atoms. The van der Waals surface area contributed by atoms with Gasteiger partial charge in [-0.05, 0) is 25.8 Å². The quantitative estimate of drug-likeness (QED) is 0.489. The summed E-state index contributed by atoms with van der Waals surface area (Å²) in [6.45, 7) is 2.00. The fourth-order valence-corrected chi connectivity index (χ4v) is 2.48. The molecule has 1 aliphatic heterocycles. The van der Waals surface area contributed by atoms with E-state index in [4.69, 9.17) is 4.74 Å². The minimum Gasteiger partial charge on any atom is -0.480 e. The zero-order chi connectivity index (χ0) is 16.3. The molecule has 1 aromatic heterocycles. The molecule has 0 unspecified atom stereocenters. The topological polar surface area (TPSA) is 123 Å². The van der Waals surface area contributed by atoms with Gasteiger partial charge in [0.05, 0.1) is 11.5 Å². The fourth-order valence-electron chi connectivity index (χ4n) is 2.48. The van der Waals surface area contributed by atoms with Crippen LogP contribution < -0.4 is 4.90 Å². The predicted molar refractivity (Wildman–Crippen MR) is 74.9 cm³/mol. The van der Waals surface area contributed by atoms with Crippen molar-refractivity contribution in [2.45, 2.75) is 25.8 Å². The van der Waals surface area contributed by atoms with Crippen molar-refractivity contribution in [1.29, 1.82) is 0 Å². The summed E-state index contributed by atoms with van der Waals surface area (Å²) in [6, 6.07) is 0.314. The average Bonchev–Trinajstić information content (AvgIpc) is 2.96. The minimum absolute atomic E-state index is 0.0785. The van der Waals surface area contributed by atoms with Crippen LogP contribution in [-0.4, -0.2) is 46.1 Å². The molecule has 0 aromatic carbocycles. The first kappa shape index (κ1) is 15.7. The molecular weight excluding hydrogens is 294 g/mol. The molecule has 1 aliphatic rings. The molecule has 1 aromatic rings. The summed E-state index contributed by atoms with van der Waals surface area (Å²) in [6.07, 6.45) is 2.20. The number of esters is 1. The van der Waals surface area contributed by atoms with E-state index in [0.717, 1.165) is 0 Å². The lowest BCUT2D eigenvalue weighted by Crippen LogP contribution is -2.37. The second-order valence-corrected chi connectivity index (χ2v) is 4.70. The van der Waals surface area contributed by atoms with Gasteiger partial charge in [-0.3, -0.25) is 10.1 Å². The van der Waals surface area contributed by atoms with E-state index in [1.165, 1.54) is 17.2 Å². The molecule has 2 rings (SSSR count). The van der Waals surface area contributed by atoms with E-state index >= 15 is 0 Å². The van der Waals surface area contributed by atoms with E-state index < -0.39 is 28.6 Å². The summed E-state index contributed by atoms with van der Waals surface area (Å²) >= 11 is 0. The Kier molecular flexibility index (Phi) is 4.54. The number of ether oxygens (including phenoxy) is 1. The summed E-state index contributed by atoms with van der Waals surface area (Å²) in [4.78, 5) is 39.0. The van der Waals surface area contributed by atoms with Crippen LogP contribution in [0.1, 0.15) is 30.1 Å². The van der Waals surface area contributed by atoms with E-state index in [1.807, 2.05) is 0 Å². The third kappa shape index (κ3) is 2.83. The standard InChI is InChI=1S/C13H15N3O6/c1-2-22-13(19)8-5-6-14-11(10(8)16(20)21)15-7-3-4-9(15)12(17)18/h5-6,9H,2-4,7H2,1H3,(H,17,18)/t9-/m0/s1. The summed E-state index contributed by atoms with van der Waals surface area (Å²) in [5.74, 6) is -2.01. The molecule has 0 bridgehead atoms. The van der Waals surface area contributed by atoms with Gasteiger partial charge < -0.3 is 14.7 Å². The van der Waals surface area contributed by atoms with E-state index in [1.54, 1.807) is 6.92 Å². The van der Waals surface area contributed by atoms with Gasteiger partial charge in [0.25, 0.3) is 0 Å². The van der Waals surface area contributed by atoms with Crippen LogP contribution in [0.2, 0.25) is 0 Å². The highest BCUT2D eigenvalue weighted by Gasteiger charge is 2.37. The average molecular weight is 309 g/mol. The molecular formula is C13H15N3O6. The second kappa shape index (κ2) is 6.37. The van der Waals surface area contributed by atoms with Crippen LogP contribution >= 0.6 is 0 Å². The Bertz CT molecular complexity index is 618. The van der Waals surface area contributed by atoms with Crippen molar-refractivity contribution in [3.63, 3.8) is 0 Å². The molecule has 9 nitrogen and oxygen atoms in total. The van der Waals surface area contributed by atoms with Crippen LogP contribution in [0.5, 0.6) is 0 Å². The van der Waals surface area contributed by atoms with E-state index in [9.17, 15) is 24.8 Å². The van der Waals surface area contributed by atoms with Gasteiger partial charge in [0.1, 0.15) is 11.6 Å². The Hall–Kier alpha value is -2.71. The van der Waals surface area contributed by atoms with Crippen LogP contribution in [-0.2, 0) is 9.53 Å². The molecule has 2 heterocycles. The molecule has 0 spiro atoms. The highest BCUT2D eigenvalue weighted by atomic mass is 16.6. The monoisotopic (exact) mass is 309 g/mol. The SMILES string of the molecule is CCOC(=O)c1ccnc(N2CCC[C@H]2C(=O)O)c1[N+](=O)[O-]. The highest BCUT2D eigenvalue weighted by Crippen LogP contribution is 2.34. The second-order valence-electron chi connectivity index (χ2n) is 4.70. The third-order valence-corrected chi connectivity index (χ3v) is 3.39. The van der Waals surface area contributed by atoms with E-state index in [2.05, 4.69) is 4.98 Å². The summed E-state index contributed by atoms with van der Waals surface area (Å²) in [7, 11) is 0. The minimum atomic E-state index is -1.07. The maximum atomic E-state index is 11.9. The Morgan fingerprint density at radius 3 is 2.91 bits per heavy atom. The molecule has 1 saturated heterocycles. The number of anilines is 1. The summed E-state index contributed by atoms with van der Waals surface area (Å²) in [5, 5.41) is 20.6. The van der Waals surface area contributed by atoms with Gasteiger partial charge in [-0.15, -0.1) is 0 Å². The number of carbonyl (C=O) groups is 2. The van der Waals surface area contributed by atoms with Crippen LogP contribution in [0.15, 0.2) is 12.3 Å². The van der Waals surface area contributed by atoms with E-state index in [0.29, 0.717) is 19.4 Å². The number of nitrogens with zero attached hydrogens (tertiary/aromatic N) is 3. The van der Waals surface area contributed by atoms with Crippen LogP contribution in [0, 0.1) is 10.1 Å². The lowest BCUT2D eigenvalue weighted by molar-refractivity contribution is -0.384. The van der Waals surface area contributed by atoms with Gasteiger partial charge in [0.2, 0.25) is 5.82 Å². The maximum absolute atomic E-state index is 11.9. The number of carboxylic acid groups (broad SMARTS) is 1. The van der Waals surface area contributed by atoms with Crippen LogP contribution in [0.25, 0.3) is 0 Å². The Balaban J connectivity index is 2.52. The highest BCUT2D eigenvalue weighted by molar-refractivity contribution is 5.96. The maximum Gasteiger partial charge on any atom is 0.345 e. The van der Waals surface area contributed by atoms with Crippen molar-refractivity contribution in [2.75, 3.05) is 18.1 Å². The Morgan fingerprint density at radius 1 is 1.59 bits per heavy atom. The summed E-state index contributed by atoms with van der Waals surface area (Å²) in [5.41, 5.74) is -0.748. The number of aliphatic carboxylic acids is 1. The van der Waals surface area contributed by atoms with Gasteiger partial charge in [0, 0.05) is 12.7 Å². The molecule has 0 radical (unpaired) electrons. The van der Waals surface area contributed by atoms with Crippen molar-refractivity contribution in [3.8, 4) is 0 Å². The molecule has 1 atom stereocenters. The van der Waals surface area contributed by atoms with Crippen molar-refractivity contribution >= 4 is 23.4 Å². The van der Waals surface area contributed by atoms with Crippen LogP contribution in [0.3, 0.4) is 0 Å². The first-order valence-electron chi connectivity index (χ1n) is 6.77. The zero-order valence-electron chi connectivity index (χ0n) is 11.9. The molecule has 1 N–H and O–H groups in total. The third-order valence-electron chi connectivity index (χ3n) is 3.39. The molecule has 0 amide bonds. The first-order chi connectivity index (χ1) is 10.5. The number of hydrogen-bond acceptors (Lipinski definition) is 7. The van der Waals surface area contributed by atoms with Crippen molar-refractivity contribution in [2.24, 2.45) is 0 Å². The first-order valence-corrected chi connectivity index (χ1v) is 6.77. The number of pyridine rings is 1. The molecule has 118 valence electrons. The van der Waals surface area contributed by atoms with Crippen molar-refractivity contribution in [1.82, 2.24) is 4.98 Å². The van der Waals surface area contributed by atoms with Gasteiger partial charge in [-0.2, -0.15) is 0 Å². The number of rotatable bonds is 5. The van der Waals surface area contributed by atoms with Gasteiger partial charge in [-0.1, -0.05) is 0 Å². The van der Waals surface area contributed by atoms with Gasteiger partial charge >= 0.3 is 17.6 Å². The normalized spacial score (nSPS) is 17.3. The Morgan fingerprint density at radius 2 is 2.32 bits per heavy atom. The van der Waals surface area contributed by atoms with Crippen molar-refractivity contribution < 1.29 is 24.4 Å². The van der Waals surface area contributed by atoms with E-state index in [-0.39, 0.29) is 18.0 Å². The van der Waals surface area contributed by atoms with Crippen LogP contribution in [0.4, 0.5) is 11.5 Å².